The highest BCUT2D eigenvalue weighted by atomic mass is 127. The van der Waals surface area contributed by atoms with Crippen molar-refractivity contribution in [2.75, 3.05) is 25.3 Å². The molecule has 1 unspecified atom stereocenters. The van der Waals surface area contributed by atoms with Crippen LogP contribution in [0.5, 0.6) is 5.75 Å². The van der Waals surface area contributed by atoms with Crippen molar-refractivity contribution in [3.63, 3.8) is 0 Å². The van der Waals surface area contributed by atoms with Crippen LogP contribution in [-0.4, -0.2) is 76.6 Å². The SMILES string of the molecule is CO/N=C(\C(=O)N[C@@H]1C(=O)N2C(C(=O)OCc3ccc(OC)cc3)=C(/C=C/C3CC(c4cc[n+](C)cc4)=NO3)CS[C@H]12)c1csc(NC(c2ccccc2)(c2ccccc2)c2ccccc2)n1.[I-]. The number of thiazole rings is 1. The molecule has 1 fully saturated rings. The molecule has 68 heavy (non-hydrogen) atoms. The van der Waals surface area contributed by atoms with Gasteiger partial charge in [0.2, 0.25) is 0 Å². The van der Waals surface area contributed by atoms with E-state index in [9.17, 15) is 14.4 Å². The minimum absolute atomic E-state index is 0. The first-order chi connectivity index (χ1) is 32.7. The lowest BCUT2D eigenvalue weighted by molar-refractivity contribution is -0.671. The number of fused-ring (bicyclic) bond motifs is 1. The van der Waals surface area contributed by atoms with Gasteiger partial charge in [0.1, 0.15) is 54.9 Å². The highest BCUT2D eigenvalue weighted by molar-refractivity contribution is 8.00. The van der Waals surface area contributed by atoms with E-state index in [0.29, 0.717) is 28.6 Å². The Morgan fingerprint density at radius 1 is 0.912 bits per heavy atom. The Morgan fingerprint density at radius 3 is 2.15 bits per heavy atom. The number of carbonyl (C=O) groups excluding carboxylic acids is 3. The molecule has 1 saturated heterocycles. The lowest BCUT2D eigenvalue weighted by Gasteiger charge is -2.49. The minimum atomic E-state index is -0.991. The molecule has 17 heteroatoms. The first kappa shape index (κ1) is 47.7. The number of allylic oxidation sites excluding steroid dienone is 1. The number of nitrogens with zero attached hydrogens (tertiary/aromatic N) is 5. The summed E-state index contributed by atoms with van der Waals surface area (Å²) in [5.74, 6) is -0.824. The summed E-state index contributed by atoms with van der Waals surface area (Å²) in [6.07, 6.45) is 7.65. The van der Waals surface area contributed by atoms with Crippen LogP contribution in [0.15, 0.2) is 179 Å². The van der Waals surface area contributed by atoms with Crippen LogP contribution in [0.25, 0.3) is 0 Å². The van der Waals surface area contributed by atoms with Crippen LogP contribution in [0.4, 0.5) is 5.13 Å². The monoisotopic (exact) mass is 1060 g/mol. The molecule has 2 aromatic heterocycles. The Balaban J connectivity index is 0.00000625. The number of pyridine rings is 1. The number of hydrogen-bond acceptors (Lipinski definition) is 13. The number of anilines is 1. The number of methoxy groups -OCH3 is 1. The Hall–Kier alpha value is -6.83. The number of thioether (sulfide) groups is 1. The van der Waals surface area contributed by atoms with E-state index in [4.69, 9.17) is 24.1 Å². The van der Waals surface area contributed by atoms with Gasteiger partial charge in [0.25, 0.3) is 11.8 Å². The van der Waals surface area contributed by atoms with Gasteiger partial charge in [-0.25, -0.2) is 14.3 Å². The summed E-state index contributed by atoms with van der Waals surface area (Å²) in [4.78, 5) is 59.6. The lowest BCUT2D eigenvalue weighted by Crippen LogP contribution is -3.00. The molecule has 14 nitrogen and oxygen atoms in total. The van der Waals surface area contributed by atoms with Gasteiger partial charge in [0.15, 0.2) is 29.3 Å². The molecule has 0 radical (unpaired) electrons. The van der Waals surface area contributed by atoms with Gasteiger partial charge in [0.05, 0.1) is 12.8 Å². The summed E-state index contributed by atoms with van der Waals surface area (Å²) in [6.45, 7) is -0.0361. The number of β-lactam (4-membered cyclic amide) rings is 1. The second-order valence-corrected chi connectivity index (χ2v) is 17.8. The molecule has 0 aliphatic carbocycles. The van der Waals surface area contributed by atoms with Crippen LogP contribution in [0, 0.1) is 0 Å². The second-order valence-electron chi connectivity index (χ2n) is 15.8. The molecule has 6 aromatic rings. The number of esters is 1. The Bertz CT molecular complexity index is 2780. The molecule has 2 N–H and O–H groups in total. The normalized spacial score (nSPS) is 17.8. The van der Waals surface area contributed by atoms with E-state index >= 15 is 0 Å². The standard InChI is InChI=1S/C51H45N7O7S2.HI/c1-57-27-25-34(26-28-57)41-29-40(65-55-41)24-21-35-31-66-48-44(47(60)58(48)45(35)49(61)64-30-33-19-22-39(62-2)23-20-33)53-46(59)43(56-63-3)42-32-67-50(52-42)54-51(36-13-7-4-8-14-36,37-15-9-5-10-16-37)38-17-11-6-12-18-38;/h4-28,32,40,44,48H,29-31H2,1-3H3,(H-,52,53,54,59);1H/b24-21+,56-43-;/t40?,44-,48-;/m1./s1. The van der Waals surface area contributed by atoms with Crippen molar-refractivity contribution in [1.82, 2.24) is 15.2 Å². The van der Waals surface area contributed by atoms with Gasteiger partial charge < -0.3 is 53.8 Å². The number of benzene rings is 4. The Morgan fingerprint density at radius 2 is 1.54 bits per heavy atom. The largest absolute Gasteiger partial charge is 1.00 e. The van der Waals surface area contributed by atoms with E-state index in [1.54, 1.807) is 42.8 Å². The fourth-order valence-corrected chi connectivity index (χ4v) is 10.2. The molecular formula is C51H46IN7O7S2. The average Bonchev–Trinajstić information content (AvgIpc) is 4.06. The fraction of sp³-hybridized carbons (Fsp3) is 0.196. The zero-order chi connectivity index (χ0) is 46.3. The highest BCUT2D eigenvalue weighted by Gasteiger charge is 2.54. The third kappa shape index (κ3) is 9.91. The van der Waals surface area contributed by atoms with Gasteiger partial charge in [-0.2, -0.15) is 0 Å². The molecule has 0 bridgehead atoms. The highest BCUT2D eigenvalue weighted by Crippen LogP contribution is 2.43. The molecule has 9 rings (SSSR count). The van der Waals surface area contributed by atoms with Gasteiger partial charge in [-0.05, 0) is 46.0 Å². The number of oxime groups is 2. The number of carbonyl (C=O) groups is 3. The molecule has 0 saturated carbocycles. The van der Waals surface area contributed by atoms with E-state index in [-0.39, 0.29) is 53.8 Å². The number of ether oxygens (including phenoxy) is 2. The second kappa shape index (κ2) is 21.4. The van der Waals surface area contributed by atoms with E-state index in [1.165, 1.54) is 35.1 Å². The Kier molecular flexibility index (Phi) is 15.0. The van der Waals surface area contributed by atoms with Crippen LogP contribution in [-0.2, 0) is 48.0 Å². The van der Waals surface area contributed by atoms with Crippen LogP contribution >= 0.6 is 23.1 Å². The number of rotatable bonds is 16. The van der Waals surface area contributed by atoms with E-state index in [1.807, 2.05) is 96.8 Å². The lowest BCUT2D eigenvalue weighted by atomic mass is 9.77. The van der Waals surface area contributed by atoms with Gasteiger partial charge >= 0.3 is 5.97 Å². The van der Waals surface area contributed by atoms with Gasteiger partial charge in [-0.1, -0.05) is 120 Å². The molecule has 3 atom stereocenters. The third-order valence-electron chi connectivity index (χ3n) is 11.6. The Labute approximate surface area is 418 Å². The first-order valence-electron chi connectivity index (χ1n) is 21.4. The molecule has 3 aliphatic heterocycles. The third-order valence-corrected chi connectivity index (χ3v) is 13.6. The number of aromatic nitrogens is 2. The molecule has 4 aromatic carbocycles. The van der Waals surface area contributed by atoms with Crippen molar-refractivity contribution in [3.05, 3.63) is 202 Å². The summed E-state index contributed by atoms with van der Waals surface area (Å²) in [5, 5.41) is 16.6. The fourth-order valence-electron chi connectivity index (χ4n) is 8.17. The van der Waals surface area contributed by atoms with Crippen LogP contribution in [0.2, 0.25) is 0 Å². The summed E-state index contributed by atoms with van der Waals surface area (Å²) in [5.41, 5.74) is 5.37. The topological polar surface area (TPSA) is 157 Å². The minimum Gasteiger partial charge on any atom is -1.00 e. The van der Waals surface area contributed by atoms with E-state index in [0.717, 1.165) is 33.5 Å². The number of aryl methyl sites for hydroxylation is 1. The quantitative estimate of drug-likeness (QED) is 0.0278. The number of halogens is 1. The zero-order valence-electron chi connectivity index (χ0n) is 37.2. The summed E-state index contributed by atoms with van der Waals surface area (Å²) < 4.78 is 13.0. The van der Waals surface area contributed by atoms with Crippen molar-refractivity contribution < 1.29 is 62.1 Å². The summed E-state index contributed by atoms with van der Waals surface area (Å²) in [6, 6.07) is 40.4. The van der Waals surface area contributed by atoms with E-state index in [2.05, 4.69) is 57.3 Å². The van der Waals surface area contributed by atoms with Gasteiger partial charge in [0, 0.05) is 35.2 Å². The molecule has 0 spiro atoms. The molecule has 2 amide bonds. The number of amides is 2. The smallest absolute Gasteiger partial charge is 0.355 e. The van der Waals surface area contributed by atoms with Gasteiger partial charge in [-0.3, -0.25) is 14.5 Å². The van der Waals surface area contributed by atoms with Crippen LogP contribution in [0.3, 0.4) is 0 Å². The number of hydrogen-bond donors (Lipinski definition) is 2. The average molecular weight is 1060 g/mol. The molecule has 346 valence electrons. The predicted molar refractivity (Wildman–Crippen MR) is 256 cm³/mol. The summed E-state index contributed by atoms with van der Waals surface area (Å²) >= 11 is 2.72. The maximum absolute atomic E-state index is 14.2. The molecule has 3 aliphatic rings. The van der Waals surface area contributed by atoms with Crippen LogP contribution < -0.4 is 43.9 Å². The van der Waals surface area contributed by atoms with Crippen molar-refractivity contribution in [3.8, 4) is 5.75 Å². The van der Waals surface area contributed by atoms with Crippen molar-refractivity contribution in [1.29, 1.82) is 0 Å². The summed E-state index contributed by atoms with van der Waals surface area (Å²) in [7, 11) is 4.86. The predicted octanol–water partition coefficient (Wildman–Crippen LogP) is 3.88. The van der Waals surface area contributed by atoms with E-state index < -0.39 is 34.7 Å². The molecular weight excluding hydrogens is 1010 g/mol. The van der Waals surface area contributed by atoms with Crippen molar-refractivity contribution in [2.24, 2.45) is 17.4 Å². The molecule has 5 heterocycles. The van der Waals surface area contributed by atoms with Gasteiger partial charge in [-0.15, -0.1) is 23.1 Å². The van der Waals surface area contributed by atoms with Crippen LogP contribution in [0.1, 0.15) is 39.9 Å². The number of nitrogens with one attached hydrogen (secondary N) is 2. The zero-order valence-corrected chi connectivity index (χ0v) is 40.9. The maximum Gasteiger partial charge on any atom is 0.355 e. The first-order valence-corrected chi connectivity index (χ1v) is 23.4. The van der Waals surface area contributed by atoms with Crippen molar-refractivity contribution >= 4 is 57.4 Å². The maximum atomic E-state index is 14.2. The van der Waals surface area contributed by atoms with Crippen molar-refractivity contribution in [2.45, 2.75) is 36.1 Å².